The van der Waals surface area contributed by atoms with Gasteiger partial charge >= 0.3 is 5.97 Å². The Balaban J connectivity index is 1.10. The molecule has 0 aromatic heterocycles. The minimum absolute atomic E-state index is 0.101. The second-order valence-corrected chi connectivity index (χ2v) is 38.4. The third-order valence-electron chi connectivity index (χ3n) is 27.2. The van der Waals surface area contributed by atoms with Gasteiger partial charge in [-0.25, -0.2) is 4.79 Å². The fourth-order valence-corrected chi connectivity index (χ4v) is 19.0. The first-order valence-corrected chi connectivity index (χ1v) is 51.0. The van der Waals surface area contributed by atoms with Crippen LogP contribution >= 0.6 is 0 Å². The van der Waals surface area contributed by atoms with E-state index in [2.05, 4.69) is 35.1 Å². The number of ether oxygens (including phenoxy) is 14. The van der Waals surface area contributed by atoms with E-state index in [9.17, 15) is 131 Å². The van der Waals surface area contributed by atoms with Crippen LogP contribution in [0.2, 0.25) is 0 Å². The molecule has 139 heavy (non-hydrogen) atoms. The van der Waals surface area contributed by atoms with Crippen molar-refractivity contribution in [3.05, 3.63) is 12.2 Å². The first-order chi connectivity index (χ1) is 66.6. The van der Waals surface area contributed by atoms with E-state index < -0.39 is 315 Å². The fourth-order valence-electron chi connectivity index (χ4n) is 19.0. The Kier molecular flexibility index (Phi) is 56.1. The second-order valence-electron chi connectivity index (χ2n) is 38.4. The number of amides is 4. The first-order valence-electron chi connectivity index (χ1n) is 51.0. The van der Waals surface area contributed by atoms with Gasteiger partial charge in [0.05, 0.1) is 76.6 Å². The summed E-state index contributed by atoms with van der Waals surface area (Å²) in [7, 11) is 0. The maximum Gasteiger partial charge on any atom is 0.364 e. The molecule has 0 aromatic carbocycles. The molecule has 7 aliphatic heterocycles. The molecule has 7 fully saturated rings. The van der Waals surface area contributed by atoms with Gasteiger partial charge in [-0.1, -0.05) is 231 Å². The Morgan fingerprint density at radius 3 is 1.18 bits per heavy atom. The van der Waals surface area contributed by atoms with Gasteiger partial charge in [0.2, 0.25) is 23.6 Å². The summed E-state index contributed by atoms with van der Waals surface area (Å²) in [4.78, 5) is 67.2. The molecule has 7 saturated heterocycles. The van der Waals surface area contributed by atoms with E-state index in [-0.39, 0.29) is 6.42 Å². The van der Waals surface area contributed by atoms with Crippen LogP contribution in [0.25, 0.3) is 0 Å². The van der Waals surface area contributed by atoms with Crippen molar-refractivity contribution >= 4 is 29.6 Å². The van der Waals surface area contributed by atoms with Crippen molar-refractivity contribution in [1.29, 1.82) is 0 Å². The molecule has 14 unspecified atom stereocenters. The zero-order valence-electron chi connectivity index (χ0n) is 81.8. The van der Waals surface area contributed by atoms with Crippen molar-refractivity contribution in [1.82, 2.24) is 21.3 Å². The highest BCUT2D eigenvalue weighted by atomic mass is 16.8. The second kappa shape index (κ2) is 64.1. The maximum absolute atomic E-state index is 14.1. The van der Waals surface area contributed by atoms with E-state index in [0.717, 1.165) is 85.0 Å². The van der Waals surface area contributed by atoms with Crippen LogP contribution in [0, 0.1) is 0 Å². The summed E-state index contributed by atoms with van der Waals surface area (Å²) < 4.78 is 85.1. The predicted molar refractivity (Wildman–Crippen MR) is 491 cm³/mol. The number of carboxylic acids is 1. The number of hydrogen-bond acceptors (Lipinski definition) is 39. The van der Waals surface area contributed by atoms with Gasteiger partial charge in [-0.3, -0.25) is 19.2 Å². The minimum Gasteiger partial charge on any atom is -0.477 e. The molecule has 25 N–H and O–H groups in total. The molecule has 0 aliphatic carbocycles. The molecule has 44 heteroatoms. The summed E-state index contributed by atoms with van der Waals surface area (Å²) >= 11 is 0. The number of nitrogens with one attached hydrogen (secondary N) is 4. The van der Waals surface area contributed by atoms with Crippen molar-refractivity contribution in [2.45, 2.75) is 512 Å². The SMILES string of the molecule is CCCCCCCCCCCCC/C=C/[C@@H](O)[C@H](CO[C@@H]1OC(CO)[C@@H](O[C@@H]2OC(CO)[C@H](O[C@@H]3OC(CO)[C@H](O)[C@H](O[C@@H]4OC(CO)[C@H](O)[C@H](O[C@@H]5OC(CO)[C@H](O)[C@H](O[C@H]6OC(C)[C@@H](O)C(O)[C@@H]6O)C5NC(C)=O)C4O)C3NC(C)=O)[C@H](O[C@]3(C(=O)O)CC(O)[C@@H](NC(C)=O)C([C@H](O)[C@H](O)CO)O3)C2O)[C@H](O)C1O)NC(=O)CCCCCCCCCCCCCCCCCCCCCCCCC. The number of carboxylic acid groups (broad SMARTS) is 1. The van der Waals surface area contributed by atoms with Crippen LogP contribution in [0.5, 0.6) is 0 Å². The van der Waals surface area contributed by atoms with E-state index in [1.165, 1.54) is 161 Å². The van der Waals surface area contributed by atoms with E-state index in [1.54, 1.807) is 6.08 Å². The highest BCUT2D eigenvalue weighted by Gasteiger charge is 2.64. The van der Waals surface area contributed by atoms with Gasteiger partial charge in [0.25, 0.3) is 5.79 Å². The Morgan fingerprint density at radius 2 is 0.748 bits per heavy atom. The normalized spacial score (nSPS) is 36.0. The number of hydrogen-bond donors (Lipinski definition) is 25. The molecular weight excluding hydrogens is 1840 g/mol. The van der Waals surface area contributed by atoms with Crippen LogP contribution in [-0.4, -0.2) is 416 Å². The largest absolute Gasteiger partial charge is 0.477 e. The van der Waals surface area contributed by atoms with Crippen LogP contribution in [0.1, 0.15) is 279 Å². The minimum atomic E-state index is -3.48. The van der Waals surface area contributed by atoms with E-state index in [4.69, 9.17) is 66.3 Å². The van der Waals surface area contributed by atoms with Crippen LogP contribution in [0.15, 0.2) is 12.2 Å². The summed E-state index contributed by atoms with van der Waals surface area (Å²) in [5.41, 5.74) is 0. The standard InChI is InChI=1S/C95H170N4O40/c1-7-9-11-13-15-17-19-21-22-23-24-25-26-27-28-29-30-32-34-36-38-40-42-44-66(112)99-57(58(109)43-41-39-37-35-33-31-20-18-16-14-12-10-8-2)52-126-90-78(121)76(119)81(64(50-104)131-90)133-93-80(123)87(139-95(94(124)125)45-59(110)67(96-54(4)106)85(138-95)71(114)60(111)46-100)82(65(51-105)132-93)134-88-68(97-55(5)107)84(73(116)61(47-101)128-88)136-92-79(122)86(74(117)63(49-103)130-92)137-89-69(98-56(6)108)83(72(115)62(48-102)129-89)135-91-77(120)75(118)70(113)53(3)127-91/h41,43,53,57-65,67-93,100-105,109-111,113-123H,7-40,42,44-52H2,1-6H3,(H,96,106)(H,97,107)(H,98,108)(H,99,112)(H,124,125)/b43-41+/t53?,57-,58+,59?,60+,61?,62?,63?,64?,65?,67+,68?,69?,70+,71+,72-,73-,74-,75?,76+,77-,78?,79?,80?,81+,82-,83+,84+,85?,86-,87+,88-,89-,90+,91+,92-,93-,95-/m0/s1. The molecule has 7 heterocycles. The van der Waals surface area contributed by atoms with Gasteiger partial charge in [0.1, 0.15) is 159 Å². The number of aliphatic hydroxyl groups excluding tert-OH is 20. The number of carbonyl (C=O) groups excluding carboxylic acids is 4. The summed E-state index contributed by atoms with van der Waals surface area (Å²) in [5, 5.41) is 250. The lowest BCUT2D eigenvalue weighted by molar-refractivity contribution is -0.404. The molecule has 0 saturated carbocycles. The molecule has 4 amide bonds. The van der Waals surface area contributed by atoms with Gasteiger partial charge in [0, 0.05) is 33.6 Å². The molecule has 0 bridgehead atoms. The van der Waals surface area contributed by atoms with Gasteiger partial charge < -0.3 is 195 Å². The summed E-state index contributed by atoms with van der Waals surface area (Å²) in [6.07, 6.45) is -26.1. The first kappa shape index (κ1) is 122. The molecular formula is C95H170N4O40. The average Bonchev–Trinajstić information content (AvgIpc) is 0.744. The maximum atomic E-state index is 14.1. The Labute approximate surface area is 815 Å². The van der Waals surface area contributed by atoms with Gasteiger partial charge in [-0.15, -0.1) is 0 Å². The van der Waals surface area contributed by atoms with E-state index in [1.807, 2.05) is 0 Å². The molecule has 7 aliphatic rings. The summed E-state index contributed by atoms with van der Waals surface area (Å²) in [6, 6.07) is -6.93. The molecule has 810 valence electrons. The quantitative estimate of drug-likeness (QED) is 0.0254. The Morgan fingerprint density at radius 1 is 0.388 bits per heavy atom. The van der Waals surface area contributed by atoms with E-state index >= 15 is 0 Å². The molecule has 7 rings (SSSR count). The lowest BCUT2D eigenvalue weighted by Crippen LogP contribution is -2.72. The number of aliphatic hydroxyl groups is 20. The number of aliphatic carboxylic acids is 1. The van der Waals surface area contributed by atoms with Gasteiger partial charge in [-0.2, -0.15) is 0 Å². The predicted octanol–water partition coefficient (Wildman–Crippen LogP) is -1.10. The van der Waals surface area contributed by atoms with Crippen molar-refractivity contribution in [3.8, 4) is 0 Å². The highest BCUT2D eigenvalue weighted by molar-refractivity contribution is 5.77. The average molecular weight is 2010 g/mol. The van der Waals surface area contributed by atoms with Crippen LogP contribution in [0.3, 0.4) is 0 Å². The lowest BCUT2D eigenvalue weighted by Gasteiger charge is -2.53. The summed E-state index contributed by atoms with van der Waals surface area (Å²) in [5.74, 6) is -8.93. The number of rotatable bonds is 66. The number of allylic oxidation sites excluding steroid dienone is 1. The monoisotopic (exact) mass is 2010 g/mol. The fraction of sp³-hybridized carbons (Fsp3) is 0.926. The van der Waals surface area contributed by atoms with Crippen LogP contribution < -0.4 is 21.3 Å². The highest BCUT2D eigenvalue weighted by Crippen LogP contribution is 2.43. The zero-order valence-corrected chi connectivity index (χ0v) is 81.8. The Bertz CT molecular complexity index is 3430. The van der Waals surface area contributed by atoms with Crippen LogP contribution in [-0.2, 0) is 90.3 Å². The van der Waals surface area contributed by atoms with Crippen molar-refractivity contribution in [2.24, 2.45) is 0 Å². The van der Waals surface area contributed by atoms with Crippen molar-refractivity contribution < 1.29 is 198 Å². The molecule has 0 aromatic rings. The molecule has 0 spiro atoms. The smallest absolute Gasteiger partial charge is 0.364 e. The number of unbranched alkanes of at least 4 members (excludes halogenated alkanes) is 33. The topological polar surface area (TPSA) is 688 Å². The molecule has 0 radical (unpaired) electrons. The lowest BCUT2D eigenvalue weighted by atomic mass is 9.88. The third kappa shape index (κ3) is 37.2. The summed E-state index contributed by atoms with van der Waals surface area (Å²) in [6.45, 7) is 0.932. The van der Waals surface area contributed by atoms with Crippen molar-refractivity contribution in [2.75, 3.05) is 46.2 Å². The van der Waals surface area contributed by atoms with Crippen LogP contribution in [0.4, 0.5) is 0 Å². The third-order valence-corrected chi connectivity index (χ3v) is 27.2. The molecule has 44 nitrogen and oxygen atoms in total. The number of carbonyl (C=O) groups is 5. The van der Waals surface area contributed by atoms with Crippen molar-refractivity contribution in [3.63, 3.8) is 0 Å². The zero-order chi connectivity index (χ0) is 102. The Hall–Kier alpha value is -4.27. The van der Waals surface area contributed by atoms with Gasteiger partial charge in [-0.05, 0) is 26.2 Å². The van der Waals surface area contributed by atoms with E-state index in [0.29, 0.717) is 12.8 Å². The molecule has 38 atom stereocenters. The van der Waals surface area contributed by atoms with Gasteiger partial charge in [0.15, 0.2) is 37.7 Å².